The topological polar surface area (TPSA) is 53.1 Å². The molecule has 1 saturated carbocycles. The van der Waals surface area contributed by atoms with Gasteiger partial charge in [0.15, 0.2) is 0 Å². The maximum absolute atomic E-state index is 5.99. The molecule has 0 amide bonds. The van der Waals surface area contributed by atoms with Gasteiger partial charge in [0.1, 0.15) is 11.6 Å². The molecule has 4 nitrogen and oxygen atoms in total. The van der Waals surface area contributed by atoms with Crippen molar-refractivity contribution in [1.29, 1.82) is 0 Å². The number of aromatic nitrogens is 2. The molecule has 1 aliphatic carbocycles. The number of para-hydroxylation sites is 1. The number of hydrogen-bond donors (Lipinski definition) is 1. The third kappa shape index (κ3) is 1.86. The Bertz CT molecular complexity index is 543. The summed E-state index contributed by atoms with van der Waals surface area (Å²) in [4.78, 5) is 0. The lowest BCUT2D eigenvalue weighted by molar-refractivity contribution is 0.304. The van der Waals surface area contributed by atoms with Crippen LogP contribution in [0.5, 0.6) is 5.75 Å². The second-order valence-corrected chi connectivity index (χ2v) is 4.38. The Balaban J connectivity index is 2.03. The van der Waals surface area contributed by atoms with Crippen molar-refractivity contribution in [2.24, 2.45) is 7.05 Å². The first-order chi connectivity index (χ1) is 8.25. The molecule has 0 unspecified atom stereocenters. The van der Waals surface area contributed by atoms with Crippen LogP contribution >= 0.6 is 0 Å². The summed E-state index contributed by atoms with van der Waals surface area (Å²) in [5.74, 6) is 1.56. The molecule has 0 atom stereocenters. The Kier molecular flexibility index (Phi) is 2.28. The molecule has 17 heavy (non-hydrogen) atoms. The van der Waals surface area contributed by atoms with Crippen LogP contribution in [0.25, 0.3) is 11.1 Å². The fraction of sp³-hybridized carbons (Fsp3) is 0.308. The Morgan fingerprint density at radius 2 is 2.06 bits per heavy atom. The predicted octanol–water partition coefficient (Wildman–Crippen LogP) is 2.21. The van der Waals surface area contributed by atoms with Gasteiger partial charge in [-0.1, -0.05) is 18.2 Å². The van der Waals surface area contributed by atoms with E-state index >= 15 is 0 Å². The summed E-state index contributed by atoms with van der Waals surface area (Å²) in [6.07, 6.45) is 4.46. The molecule has 2 aromatic rings. The highest BCUT2D eigenvalue weighted by molar-refractivity contribution is 5.78. The number of nitrogens with zero attached hydrogens (tertiary/aromatic N) is 2. The molecule has 0 saturated heterocycles. The molecule has 4 heteroatoms. The molecular formula is C13H15N3O. The van der Waals surface area contributed by atoms with E-state index in [1.54, 1.807) is 10.9 Å². The lowest BCUT2D eigenvalue weighted by Crippen LogP contribution is -2.00. The van der Waals surface area contributed by atoms with Crippen molar-refractivity contribution < 1.29 is 4.74 Å². The molecule has 1 aromatic heterocycles. The van der Waals surface area contributed by atoms with Crippen LogP contribution in [0.3, 0.4) is 0 Å². The summed E-state index contributed by atoms with van der Waals surface area (Å²) < 4.78 is 7.55. The zero-order valence-corrected chi connectivity index (χ0v) is 9.76. The van der Waals surface area contributed by atoms with Crippen LogP contribution in [0.4, 0.5) is 5.82 Å². The minimum absolute atomic E-state index is 0.383. The van der Waals surface area contributed by atoms with E-state index in [1.807, 2.05) is 31.3 Å². The Hall–Kier alpha value is -1.97. The van der Waals surface area contributed by atoms with Crippen LogP contribution in [0.2, 0.25) is 0 Å². The van der Waals surface area contributed by atoms with Crippen molar-refractivity contribution in [2.45, 2.75) is 18.9 Å². The normalized spacial score (nSPS) is 14.9. The molecule has 2 N–H and O–H groups in total. The van der Waals surface area contributed by atoms with Gasteiger partial charge in [-0.2, -0.15) is 5.10 Å². The number of nitrogen functional groups attached to an aromatic ring is 1. The van der Waals surface area contributed by atoms with Gasteiger partial charge in [0.2, 0.25) is 0 Å². The van der Waals surface area contributed by atoms with Crippen molar-refractivity contribution >= 4 is 5.82 Å². The fourth-order valence-electron chi connectivity index (χ4n) is 1.81. The van der Waals surface area contributed by atoms with Crippen LogP contribution in [0, 0.1) is 0 Å². The fourth-order valence-corrected chi connectivity index (χ4v) is 1.81. The highest BCUT2D eigenvalue weighted by Crippen LogP contribution is 2.36. The smallest absolute Gasteiger partial charge is 0.129 e. The largest absolute Gasteiger partial charge is 0.490 e. The second-order valence-electron chi connectivity index (χ2n) is 4.38. The monoisotopic (exact) mass is 229 g/mol. The van der Waals surface area contributed by atoms with Gasteiger partial charge in [0.05, 0.1) is 12.3 Å². The molecule has 1 heterocycles. The van der Waals surface area contributed by atoms with E-state index in [9.17, 15) is 0 Å². The standard InChI is InChI=1S/C13H15N3O/c1-16-13(14)11(8-15-16)10-4-2-3-5-12(10)17-9-6-7-9/h2-5,8-9H,6-7,14H2,1H3. The highest BCUT2D eigenvalue weighted by Gasteiger charge is 2.25. The zero-order valence-electron chi connectivity index (χ0n) is 9.76. The molecule has 0 bridgehead atoms. The molecule has 0 radical (unpaired) electrons. The maximum atomic E-state index is 5.99. The van der Waals surface area contributed by atoms with Crippen LogP contribution in [0.15, 0.2) is 30.5 Å². The van der Waals surface area contributed by atoms with E-state index in [0.717, 1.165) is 29.7 Å². The van der Waals surface area contributed by atoms with Crippen molar-refractivity contribution in [1.82, 2.24) is 9.78 Å². The Morgan fingerprint density at radius 1 is 1.29 bits per heavy atom. The van der Waals surface area contributed by atoms with Crippen molar-refractivity contribution in [2.75, 3.05) is 5.73 Å². The van der Waals surface area contributed by atoms with Gasteiger partial charge in [-0.25, -0.2) is 0 Å². The molecular weight excluding hydrogens is 214 g/mol. The molecule has 1 aromatic carbocycles. The van der Waals surface area contributed by atoms with E-state index in [0.29, 0.717) is 11.9 Å². The molecule has 1 aliphatic rings. The number of anilines is 1. The molecule has 0 spiro atoms. The van der Waals surface area contributed by atoms with Gasteiger partial charge < -0.3 is 10.5 Å². The summed E-state index contributed by atoms with van der Waals surface area (Å²) in [7, 11) is 1.84. The first-order valence-electron chi connectivity index (χ1n) is 5.79. The van der Waals surface area contributed by atoms with Crippen LogP contribution < -0.4 is 10.5 Å². The van der Waals surface area contributed by atoms with E-state index in [4.69, 9.17) is 10.5 Å². The SMILES string of the molecule is Cn1ncc(-c2ccccc2OC2CC2)c1N. The second kappa shape index (κ2) is 3.80. The third-order valence-corrected chi connectivity index (χ3v) is 2.98. The highest BCUT2D eigenvalue weighted by atomic mass is 16.5. The first-order valence-corrected chi connectivity index (χ1v) is 5.79. The zero-order chi connectivity index (χ0) is 11.8. The number of rotatable bonds is 3. The van der Waals surface area contributed by atoms with Crippen LogP contribution in [-0.4, -0.2) is 15.9 Å². The molecule has 1 fully saturated rings. The number of ether oxygens (including phenoxy) is 1. The molecule has 0 aliphatic heterocycles. The molecule has 3 rings (SSSR count). The average Bonchev–Trinajstić information content (AvgIpc) is 3.09. The van der Waals surface area contributed by atoms with Crippen LogP contribution in [0.1, 0.15) is 12.8 Å². The summed E-state index contributed by atoms with van der Waals surface area (Å²) in [6.45, 7) is 0. The Labute approximate surface area is 100 Å². The van der Waals surface area contributed by atoms with Gasteiger partial charge in [0, 0.05) is 18.2 Å². The van der Waals surface area contributed by atoms with Crippen molar-refractivity contribution in [3.8, 4) is 16.9 Å². The lowest BCUT2D eigenvalue weighted by Gasteiger charge is -2.10. The quantitative estimate of drug-likeness (QED) is 0.877. The number of benzene rings is 1. The van der Waals surface area contributed by atoms with Crippen LogP contribution in [-0.2, 0) is 7.05 Å². The number of hydrogen-bond acceptors (Lipinski definition) is 3. The lowest BCUT2D eigenvalue weighted by atomic mass is 10.1. The van der Waals surface area contributed by atoms with E-state index in [2.05, 4.69) is 5.10 Å². The van der Waals surface area contributed by atoms with Gasteiger partial charge in [0.25, 0.3) is 0 Å². The summed E-state index contributed by atoms with van der Waals surface area (Å²) >= 11 is 0. The predicted molar refractivity (Wildman–Crippen MR) is 66.7 cm³/mol. The summed E-state index contributed by atoms with van der Waals surface area (Å²) in [6, 6.07) is 7.97. The third-order valence-electron chi connectivity index (χ3n) is 2.98. The van der Waals surface area contributed by atoms with Gasteiger partial charge in [-0.15, -0.1) is 0 Å². The Morgan fingerprint density at radius 3 is 2.71 bits per heavy atom. The first kappa shape index (κ1) is 10.2. The van der Waals surface area contributed by atoms with E-state index in [1.165, 1.54) is 0 Å². The van der Waals surface area contributed by atoms with Gasteiger partial charge in [-0.3, -0.25) is 4.68 Å². The van der Waals surface area contributed by atoms with E-state index < -0.39 is 0 Å². The van der Waals surface area contributed by atoms with Gasteiger partial charge in [-0.05, 0) is 18.9 Å². The van der Waals surface area contributed by atoms with Crippen molar-refractivity contribution in [3.05, 3.63) is 30.5 Å². The number of nitrogens with two attached hydrogens (primary N) is 1. The summed E-state index contributed by atoms with van der Waals surface area (Å²) in [5, 5.41) is 4.16. The van der Waals surface area contributed by atoms with Crippen molar-refractivity contribution in [3.63, 3.8) is 0 Å². The van der Waals surface area contributed by atoms with E-state index in [-0.39, 0.29) is 0 Å². The minimum atomic E-state index is 0.383. The number of aryl methyl sites for hydroxylation is 1. The minimum Gasteiger partial charge on any atom is -0.490 e. The summed E-state index contributed by atoms with van der Waals surface area (Å²) in [5.41, 5.74) is 7.95. The molecule has 88 valence electrons. The van der Waals surface area contributed by atoms with Gasteiger partial charge >= 0.3 is 0 Å². The average molecular weight is 229 g/mol. The maximum Gasteiger partial charge on any atom is 0.129 e.